The average Bonchev–Trinajstić information content (AvgIpc) is 2.85. The SMILES string of the molecule is COC(=O)CNC(=O)C(c1ccccc1)N(C(=O)C(Cc1ccc(O)cc1)NC(=O)OC(C)(C)C)C(C)C. The number of aromatic hydroxyl groups is 1. The molecule has 0 heterocycles. The summed E-state index contributed by atoms with van der Waals surface area (Å²) >= 11 is 0. The van der Waals surface area contributed by atoms with Crippen LogP contribution in [0.5, 0.6) is 5.75 Å². The number of ether oxygens (including phenoxy) is 2. The topological polar surface area (TPSA) is 134 Å². The first-order valence-electron chi connectivity index (χ1n) is 12.3. The third-order valence-electron chi connectivity index (χ3n) is 5.45. The van der Waals surface area contributed by atoms with E-state index >= 15 is 0 Å². The molecule has 0 saturated carbocycles. The van der Waals surface area contributed by atoms with Gasteiger partial charge in [-0.3, -0.25) is 14.4 Å². The minimum Gasteiger partial charge on any atom is -0.508 e. The molecule has 2 rings (SSSR count). The largest absolute Gasteiger partial charge is 0.508 e. The van der Waals surface area contributed by atoms with Crippen molar-refractivity contribution in [3.05, 3.63) is 65.7 Å². The second-order valence-corrected chi connectivity index (χ2v) is 10.0. The molecular formula is C28H37N3O7. The molecule has 2 unspecified atom stereocenters. The Hall–Kier alpha value is -4.08. The maximum atomic E-state index is 14.1. The van der Waals surface area contributed by atoms with Crippen molar-refractivity contribution in [2.75, 3.05) is 13.7 Å². The zero-order valence-electron chi connectivity index (χ0n) is 22.7. The van der Waals surface area contributed by atoms with Gasteiger partial charge in [-0.2, -0.15) is 0 Å². The van der Waals surface area contributed by atoms with Crippen LogP contribution in [0.2, 0.25) is 0 Å². The number of amides is 3. The molecule has 3 amide bonds. The fraction of sp³-hybridized carbons (Fsp3) is 0.429. The number of benzene rings is 2. The average molecular weight is 528 g/mol. The Morgan fingerprint density at radius 3 is 2.11 bits per heavy atom. The van der Waals surface area contributed by atoms with Crippen LogP contribution >= 0.6 is 0 Å². The molecule has 0 aromatic heterocycles. The quantitative estimate of drug-likeness (QED) is 0.404. The van der Waals surface area contributed by atoms with Crippen LogP contribution in [0.3, 0.4) is 0 Å². The summed E-state index contributed by atoms with van der Waals surface area (Å²) in [5, 5.41) is 14.9. The second kappa shape index (κ2) is 13.5. The zero-order chi connectivity index (χ0) is 28.5. The van der Waals surface area contributed by atoms with Gasteiger partial charge >= 0.3 is 12.1 Å². The number of alkyl carbamates (subject to hydrolysis) is 1. The standard InChI is InChI=1S/C28H37N3O7/c1-18(2)31(24(20-10-8-7-9-11-20)25(34)29-17-23(33)37-6)26(35)22(30-27(36)38-28(3,4)5)16-19-12-14-21(32)15-13-19/h7-15,18,22,24,32H,16-17H2,1-6H3,(H,29,34)(H,30,36). The van der Waals surface area contributed by atoms with Gasteiger partial charge in [-0.15, -0.1) is 0 Å². The van der Waals surface area contributed by atoms with Crippen LogP contribution in [-0.2, 0) is 30.3 Å². The Kier molecular flexibility index (Phi) is 10.7. The molecule has 0 radical (unpaired) electrons. The third kappa shape index (κ3) is 9.10. The highest BCUT2D eigenvalue weighted by Crippen LogP contribution is 2.26. The van der Waals surface area contributed by atoms with E-state index in [1.807, 2.05) is 0 Å². The Bertz CT molecular complexity index is 1100. The number of carbonyl (C=O) groups excluding carboxylic acids is 4. The molecule has 206 valence electrons. The highest BCUT2D eigenvalue weighted by Gasteiger charge is 2.38. The number of hydrogen-bond donors (Lipinski definition) is 3. The van der Waals surface area contributed by atoms with Gasteiger partial charge in [-0.1, -0.05) is 42.5 Å². The number of hydrogen-bond acceptors (Lipinski definition) is 7. The van der Waals surface area contributed by atoms with Crippen molar-refractivity contribution >= 4 is 23.9 Å². The van der Waals surface area contributed by atoms with Crippen molar-refractivity contribution in [1.29, 1.82) is 0 Å². The lowest BCUT2D eigenvalue weighted by Gasteiger charge is -2.37. The van der Waals surface area contributed by atoms with E-state index in [0.29, 0.717) is 11.1 Å². The zero-order valence-corrected chi connectivity index (χ0v) is 22.7. The van der Waals surface area contributed by atoms with Gasteiger partial charge in [0.2, 0.25) is 11.8 Å². The van der Waals surface area contributed by atoms with Crippen LogP contribution in [0.4, 0.5) is 4.79 Å². The molecule has 38 heavy (non-hydrogen) atoms. The predicted molar refractivity (Wildman–Crippen MR) is 141 cm³/mol. The molecule has 2 aromatic rings. The molecule has 0 bridgehead atoms. The lowest BCUT2D eigenvalue weighted by atomic mass is 9.99. The van der Waals surface area contributed by atoms with Gasteiger partial charge in [0.15, 0.2) is 0 Å². The summed E-state index contributed by atoms with van der Waals surface area (Å²) in [6.07, 6.45) is -0.711. The number of nitrogens with one attached hydrogen (secondary N) is 2. The molecule has 2 atom stereocenters. The Morgan fingerprint density at radius 1 is 0.974 bits per heavy atom. The summed E-state index contributed by atoms with van der Waals surface area (Å²) in [7, 11) is 1.21. The number of rotatable bonds is 10. The molecule has 0 aliphatic heterocycles. The van der Waals surface area contributed by atoms with Crippen LogP contribution in [-0.4, -0.2) is 65.2 Å². The van der Waals surface area contributed by atoms with Gasteiger partial charge in [0.25, 0.3) is 0 Å². The fourth-order valence-electron chi connectivity index (χ4n) is 3.78. The minimum absolute atomic E-state index is 0.0620. The summed E-state index contributed by atoms with van der Waals surface area (Å²) in [5.74, 6) is -1.68. The summed E-state index contributed by atoms with van der Waals surface area (Å²) in [4.78, 5) is 53.3. The van der Waals surface area contributed by atoms with Crippen molar-refractivity contribution in [2.24, 2.45) is 0 Å². The third-order valence-corrected chi connectivity index (χ3v) is 5.45. The first-order valence-corrected chi connectivity index (χ1v) is 12.3. The fourth-order valence-corrected chi connectivity index (χ4v) is 3.78. The smallest absolute Gasteiger partial charge is 0.408 e. The second-order valence-electron chi connectivity index (χ2n) is 10.0. The lowest BCUT2D eigenvalue weighted by Crippen LogP contribution is -2.56. The summed E-state index contributed by atoms with van der Waals surface area (Å²) in [6, 6.07) is 12.3. The molecule has 0 spiro atoms. The minimum atomic E-state index is -1.10. The molecule has 2 aromatic carbocycles. The summed E-state index contributed by atoms with van der Waals surface area (Å²) in [5.41, 5.74) is 0.402. The van der Waals surface area contributed by atoms with Crippen LogP contribution < -0.4 is 10.6 Å². The van der Waals surface area contributed by atoms with Gasteiger partial charge in [0.05, 0.1) is 7.11 Å². The van der Waals surface area contributed by atoms with E-state index in [4.69, 9.17) is 4.74 Å². The molecule has 10 nitrogen and oxygen atoms in total. The van der Waals surface area contributed by atoms with E-state index in [2.05, 4.69) is 15.4 Å². The van der Waals surface area contributed by atoms with Gasteiger partial charge in [-0.05, 0) is 57.9 Å². The monoisotopic (exact) mass is 527 g/mol. The predicted octanol–water partition coefficient (Wildman–Crippen LogP) is 3.10. The van der Waals surface area contributed by atoms with E-state index in [0.717, 1.165) is 0 Å². The summed E-state index contributed by atoms with van der Waals surface area (Å²) in [6.45, 7) is 8.27. The van der Waals surface area contributed by atoms with Crippen LogP contribution in [0, 0.1) is 0 Å². The van der Waals surface area contributed by atoms with Crippen LogP contribution in [0.15, 0.2) is 54.6 Å². The van der Waals surface area contributed by atoms with E-state index in [-0.39, 0.29) is 18.7 Å². The number of esters is 1. The molecule has 0 aliphatic carbocycles. The first kappa shape index (κ1) is 30.1. The molecule has 10 heteroatoms. The number of nitrogens with zero attached hydrogens (tertiary/aromatic N) is 1. The molecular weight excluding hydrogens is 490 g/mol. The van der Waals surface area contributed by atoms with E-state index in [1.54, 1.807) is 77.1 Å². The summed E-state index contributed by atoms with van der Waals surface area (Å²) < 4.78 is 10.0. The van der Waals surface area contributed by atoms with Crippen LogP contribution in [0.25, 0.3) is 0 Å². The number of phenols is 1. The maximum absolute atomic E-state index is 14.1. The normalized spacial score (nSPS) is 12.7. The number of phenolic OH excluding ortho intramolecular Hbond substituents is 1. The maximum Gasteiger partial charge on any atom is 0.408 e. The van der Waals surface area contributed by atoms with Crippen molar-refractivity contribution in [3.63, 3.8) is 0 Å². The van der Waals surface area contributed by atoms with Crippen molar-refractivity contribution < 1.29 is 33.8 Å². The van der Waals surface area contributed by atoms with Gasteiger partial charge in [-0.25, -0.2) is 4.79 Å². The van der Waals surface area contributed by atoms with Gasteiger partial charge in [0, 0.05) is 12.5 Å². The first-order chi connectivity index (χ1) is 17.8. The van der Waals surface area contributed by atoms with Crippen molar-refractivity contribution in [2.45, 2.75) is 64.8 Å². The Morgan fingerprint density at radius 2 is 1.58 bits per heavy atom. The van der Waals surface area contributed by atoms with Crippen molar-refractivity contribution in [1.82, 2.24) is 15.5 Å². The number of methoxy groups -OCH3 is 1. The van der Waals surface area contributed by atoms with Crippen molar-refractivity contribution in [3.8, 4) is 5.75 Å². The Labute approximate surface area is 223 Å². The highest BCUT2D eigenvalue weighted by atomic mass is 16.6. The van der Waals surface area contributed by atoms with Gasteiger partial charge in [0.1, 0.15) is 30.0 Å². The lowest BCUT2D eigenvalue weighted by molar-refractivity contribution is -0.146. The van der Waals surface area contributed by atoms with Crippen LogP contribution in [0.1, 0.15) is 51.8 Å². The molecule has 0 saturated heterocycles. The highest BCUT2D eigenvalue weighted by molar-refractivity contribution is 5.93. The number of carbonyl (C=O) groups is 4. The van der Waals surface area contributed by atoms with E-state index < -0.39 is 47.6 Å². The van der Waals surface area contributed by atoms with E-state index in [9.17, 15) is 24.3 Å². The molecule has 3 N–H and O–H groups in total. The molecule has 0 fully saturated rings. The van der Waals surface area contributed by atoms with E-state index in [1.165, 1.54) is 24.1 Å². The Balaban J connectivity index is 2.49. The van der Waals surface area contributed by atoms with Gasteiger partial charge < -0.3 is 30.1 Å². The molecule has 0 aliphatic rings.